The van der Waals surface area contributed by atoms with Crippen molar-refractivity contribution in [2.75, 3.05) is 13.1 Å². The molecule has 0 amide bonds. The normalized spacial score (nSPS) is 20.1. The van der Waals surface area contributed by atoms with Gasteiger partial charge in [0.1, 0.15) is 0 Å². The van der Waals surface area contributed by atoms with Gasteiger partial charge in [0.25, 0.3) is 0 Å². The summed E-state index contributed by atoms with van der Waals surface area (Å²) in [6.45, 7) is 0.851. The SMILES string of the molecule is O=C1/C(=C\c2ccc([NH+]([O-])O)cc2)CNC/C1=C\c1ccc([NH+]([O-])O)cc1. The van der Waals surface area contributed by atoms with Crippen LogP contribution in [0.5, 0.6) is 0 Å². The first-order valence-corrected chi connectivity index (χ1v) is 8.27. The van der Waals surface area contributed by atoms with Gasteiger partial charge >= 0.3 is 0 Å². The summed E-state index contributed by atoms with van der Waals surface area (Å²) < 4.78 is 0. The van der Waals surface area contributed by atoms with Gasteiger partial charge in [0.2, 0.25) is 0 Å². The van der Waals surface area contributed by atoms with E-state index in [9.17, 15) is 15.2 Å². The van der Waals surface area contributed by atoms with Crippen LogP contribution in [0.25, 0.3) is 12.2 Å². The molecule has 0 bridgehead atoms. The smallest absolute Gasteiger partial charge is 0.187 e. The van der Waals surface area contributed by atoms with E-state index in [0.29, 0.717) is 24.2 Å². The molecule has 8 heteroatoms. The fourth-order valence-electron chi connectivity index (χ4n) is 2.78. The predicted molar refractivity (Wildman–Crippen MR) is 98.3 cm³/mol. The number of quaternary nitrogens is 2. The Kier molecular flexibility index (Phi) is 5.89. The van der Waals surface area contributed by atoms with Crippen molar-refractivity contribution in [1.29, 1.82) is 0 Å². The minimum Gasteiger partial charge on any atom is -0.595 e. The van der Waals surface area contributed by atoms with E-state index in [4.69, 9.17) is 10.4 Å². The molecule has 0 radical (unpaired) electrons. The second-order valence-electron chi connectivity index (χ2n) is 6.13. The van der Waals surface area contributed by atoms with Gasteiger partial charge in [0.05, 0.1) is 0 Å². The van der Waals surface area contributed by atoms with Gasteiger partial charge in [-0.25, -0.2) is 10.4 Å². The number of Topliss-reactive ketones (excluding diaryl/α,β-unsaturated/α-hetero) is 1. The molecule has 0 aromatic heterocycles. The molecule has 1 aliphatic heterocycles. The van der Waals surface area contributed by atoms with Crippen LogP contribution in [0, 0.1) is 10.4 Å². The van der Waals surface area contributed by atoms with E-state index in [1.807, 2.05) is 0 Å². The van der Waals surface area contributed by atoms with E-state index in [0.717, 1.165) is 11.1 Å². The third kappa shape index (κ3) is 4.73. The van der Waals surface area contributed by atoms with Gasteiger partial charge in [-0.05, 0) is 47.5 Å². The lowest BCUT2D eigenvalue weighted by Crippen LogP contribution is -2.99. The summed E-state index contributed by atoms with van der Waals surface area (Å²) in [5.41, 5.74) is 3.04. The van der Waals surface area contributed by atoms with Crippen molar-refractivity contribution in [2.45, 2.75) is 0 Å². The Morgan fingerprint density at radius 3 is 1.48 bits per heavy atom. The molecule has 1 saturated heterocycles. The van der Waals surface area contributed by atoms with Crippen molar-refractivity contribution in [1.82, 2.24) is 5.32 Å². The summed E-state index contributed by atoms with van der Waals surface area (Å²) in [5.74, 6) is -0.0848. The number of carbonyl (C=O) groups excluding carboxylic acids is 1. The van der Waals surface area contributed by atoms with E-state index in [1.165, 1.54) is 24.3 Å². The number of hydrogen-bond donors (Lipinski definition) is 5. The van der Waals surface area contributed by atoms with E-state index in [-0.39, 0.29) is 17.2 Å². The largest absolute Gasteiger partial charge is 0.595 e. The van der Waals surface area contributed by atoms with Crippen LogP contribution in [0.2, 0.25) is 0 Å². The highest BCUT2D eigenvalue weighted by atomic mass is 16.8. The molecule has 27 heavy (non-hydrogen) atoms. The lowest BCUT2D eigenvalue weighted by molar-refractivity contribution is -0.991. The van der Waals surface area contributed by atoms with Crippen LogP contribution in [-0.2, 0) is 4.79 Å². The summed E-state index contributed by atoms with van der Waals surface area (Å²) in [5, 5.41) is 40.9. The zero-order chi connectivity index (χ0) is 19.4. The minimum absolute atomic E-state index is 0.0848. The third-order valence-corrected chi connectivity index (χ3v) is 4.21. The molecule has 5 N–H and O–H groups in total. The number of benzene rings is 2. The molecule has 8 nitrogen and oxygen atoms in total. The maximum Gasteiger partial charge on any atom is 0.187 e. The standard InChI is InChI=1S/C19H19N3O5/c23-19-15(9-13-1-5-17(6-2-13)21(24)25)11-20-12-16(19)10-14-3-7-18(8-4-14)22(26)27/h1-10,20-22,24,26H,11-12H2/b15-9-,16-10+. The summed E-state index contributed by atoms with van der Waals surface area (Å²) in [4.78, 5) is 12.7. The Bertz CT molecular complexity index is 800. The van der Waals surface area contributed by atoms with Crippen molar-refractivity contribution in [3.8, 4) is 0 Å². The number of nitrogens with one attached hydrogen (secondary N) is 3. The molecule has 3 rings (SSSR count). The zero-order valence-electron chi connectivity index (χ0n) is 14.3. The topological polar surface area (TPSA) is 125 Å². The molecule has 0 aliphatic carbocycles. The first-order chi connectivity index (χ1) is 12.9. The average Bonchev–Trinajstić information content (AvgIpc) is 2.66. The Morgan fingerprint density at radius 1 is 0.778 bits per heavy atom. The molecule has 2 unspecified atom stereocenters. The molecule has 140 valence electrons. The maximum absolute atomic E-state index is 12.7. The van der Waals surface area contributed by atoms with Crippen molar-refractivity contribution in [3.05, 3.63) is 81.2 Å². The molecule has 1 heterocycles. The predicted octanol–water partition coefficient (Wildman–Crippen LogP) is 0.133. The maximum atomic E-state index is 12.7. The Hall–Kier alpha value is -2.69. The number of ketones is 1. The second-order valence-corrected chi connectivity index (χ2v) is 6.13. The van der Waals surface area contributed by atoms with Crippen LogP contribution in [0.15, 0.2) is 59.7 Å². The van der Waals surface area contributed by atoms with Crippen molar-refractivity contribution in [2.24, 2.45) is 0 Å². The number of carbonyl (C=O) groups is 1. The highest BCUT2D eigenvalue weighted by Crippen LogP contribution is 2.18. The summed E-state index contributed by atoms with van der Waals surface area (Å²) in [6, 6.07) is 12.6. The lowest BCUT2D eigenvalue weighted by Gasteiger charge is -2.18. The average molecular weight is 369 g/mol. The van der Waals surface area contributed by atoms with Crippen LogP contribution in [0.1, 0.15) is 11.1 Å². The summed E-state index contributed by atoms with van der Waals surface area (Å²) in [7, 11) is 0. The van der Waals surface area contributed by atoms with E-state index < -0.39 is 10.5 Å². The van der Waals surface area contributed by atoms with Gasteiger partial charge in [-0.3, -0.25) is 4.79 Å². The minimum atomic E-state index is -0.997. The molecule has 1 fully saturated rings. The fraction of sp³-hybridized carbons (Fsp3) is 0.105. The number of rotatable bonds is 4. The lowest BCUT2D eigenvalue weighted by atomic mass is 9.95. The Labute approximate surface area is 155 Å². The van der Waals surface area contributed by atoms with Gasteiger partial charge < -0.3 is 15.7 Å². The molecule has 1 aliphatic rings. The quantitative estimate of drug-likeness (QED) is 0.386. The molecule has 0 spiro atoms. The van der Waals surface area contributed by atoms with Crippen molar-refractivity contribution >= 4 is 29.3 Å². The van der Waals surface area contributed by atoms with E-state index >= 15 is 0 Å². The summed E-state index contributed by atoms with van der Waals surface area (Å²) in [6.07, 6.45) is 3.48. The molecule has 0 saturated carbocycles. The second kappa shape index (κ2) is 8.33. The van der Waals surface area contributed by atoms with E-state index in [1.54, 1.807) is 36.4 Å². The van der Waals surface area contributed by atoms with Crippen LogP contribution in [-0.4, -0.2) is 29.3 Å². The highest BCUT2D eigenvalue weighted by molar-refractivity contribution is 6.14. The molecular weight excluding hydrogens is 350 g/mol. The highest BCUT2D eigenvalue weighted by Gasteiger charge is 2.20. The first-order valence-electron chi connectivity index (χ1n) is 8.27. The van der Waals surface area contributed by atoms with Crippen molar-refractivity contribution in [3.63, 3.8) is 0 Å². The molecule has 2 atom stereocenters. The van der Waals surface area contributed by atoms with Crippen LogP contribution in [0.3, 0.4) is 0 Å². The van der Waals surface area contributed by atoms with Crippen LogP contribution >= 0.6 is 0 Å². The van der Waals surface area contributed by atoms with Gasteiger partial charge in [0.15, 0.2) is 17.2 Å². The Balaban J connectivity index is 1.80. The third-order valence-electron chi connectivity index (χ3n) is 4.21. The van der Waals surface area contributed by atoms with Gasteiger partial charge in [-0.1, -0.05) is 0 Å². The van der Waals surface area contributed by atoms with E-state index in [2.05, 4.69) is 5.32 Å². The molecule has 2 aromatic carbocycles. The van der Waals surface area contributed by atoms with Gasteiger partial charge in [-0.2, -0.15) is 10.5 Å². The van der Waals surface area contributed by atoms with Crippen LogP contribution in [0.4, 0.5) is 11.4 Å². The Morgan fingerprint density at radius 2 is 1.15 bits per heavy atom. The fourth-order valence-corrected chi connectivity index (χ4v) is 2.78. The number of hydrogen-bond acceptors (Lipinski definition) is 6. The van der Waals surface area contributed by atoms with Crippen LogP contribution < -0.4 is 15.8 Å². The molecule has 2 aromatic rings. The van der Waals surface area contributed by atoms with Gasteiger partial charge in [-0.15, -0.1) is 0 Å². The number of piperidine rings is 1. The zero-order valence-corrected chi connectivity index (χ0v) is 14.3. The first kappa shape index (κ1) is 19.1. The molecular formula is C19H19N3O5. The van der Waals surface area contributed by atoms with Gasteiger partial charge in [0, 0.05) is 48.5 Å². The monoisotopic (exact) mass is 369 g/mol. The van der Waals surface area contributed by atoms with Crippen molar-refractivity contribution < 1.29 is 25.7 Å². The summed E-state index contributed by atoms with van der Waals surface area (Å²) >= 11 is 0.